The van der Waals surface area contributed by atoms with E-state index < -0.39 is 5.56 Å². The molecule has 33 heavy (non-hydrogen) atoms. The Morgan fingerprint density at radius 1 is 1.06 bits per heavy atom. The quantitative estimate of drug-likeness (QED) is 0.527. The van der Waals surface area contributed by atoms with E-state index in [0.717, 1.165) is 5.56 Å². The predicted octanol–water partition coefficient (Wildman–Crippen LogP) is 3.75. The number of aromatic hydroxyl groups is 1. The molecule has 1 heterocycles. The monoisotopic (exact) mass is 447 g/mol. The summed E-state index contributed by atoms with van der Waals surface area (Å²) >= 11 is 0. The van der Waals surface area contributed by atoms with E-state index in [0.29, 0.717) is 40.5 Å². The number of hydrogen-bond acceptors (Lipinski definition) is 7. The maximum Gasteiger partial charge on any atom is 0.271 e. The highest BCUT2D eigenvalue weighted by Gasteiger charge is 2.18. The third-order valence-electron chi connectivity index (χ3n) is 5.34. The summed E-state index contributed by atoms with van der Waals surface area (Å²) in [6, 6.07) is 14.6. The van der Waals surface area contributed by atoms with Gasteiger partial charge in [0.25, 0.3) is 5.56 Å². The van der Waals surface area contributed by atoms with Crippen molar-refractivity contribution in [3.8, 4) is 29.2 Å². The van der Waals surface area contributed by atoms with Crippen LogP contribution in [0.15, 0.2) is 52.3 Å². The van der Waals surface area contributed by atoms with Crippen LogP contribution in [0.4, 0.5) is 5.69 Å². The lowest BCUT2D eigenvalue weighted by Crippen LogP contribution is -2.26. The van der Waals surface area contributed by atoms with Crippen LogP contribution in [0.1, 0.15) is 22.3 Å². The van der Waals surface area contributed by atoms with E-state index in [1.807, 2.05) is 30.3 Å². The minimum atomic E-state index is -0.553. The molecule has 3 rings (SSSR count). The first kappa shape index (κ1) is 23.4. The number of aryl methyl sites for hydroxylation is 1. The van der Waals surface area contributed by atoms with E-state index in [1.165, 1.54) is 10.8 Å². The SMILES string of the molecule is COc1ccccc1N=Cc1c(C)c(C#N)c(=O)n(CCc2ccc(OC)c(OC)c2)c1O. The Kier molecular flexibility index (Phi) is 7.36. The topological polar surface area (TPSA) is 106 Å². The summed E-state index contributed by atoms with van der Waals surface area (Å²) in [5.41, 5.74) is 1.50. The van der Waals surface area contributed by atoms with Gasteiger partial charge in [-0.15, -0.1) is 0 Å². The molecule has 170 valence electrons. The van der Waals surface area contributed by atoms with Gasteiger partial charge in [-0.1, -0.05) is 18.2 Å². The first-order valence-corrected chi connectivity index (χ1v) is 10.2. The highest BCUT2D eigenvalue weighted by Crippen LogP contribution is 2.29. The summed E-state index contributed by atoms with van der Waals surface area (Å²) in [4.78, 5) is 17.3. The highest BCUT2D eigenvalue weighted by atomic mass is 16.5. The average molecular weight is 447 g/mol. The average Bonchev–Trinajstić information content (AvgIpc) is 2.84. The number of nitrogens with zero attached hydrogens (tertiary/aromatic N) is 3. The van der Waals surface area contributed by atoms with Crippen LogP contribution >= 0.6 is 0 Å². The van der Waals surface area contributed by atoms with E-state index in [4.69, 9.17) is 14.2 Å². The normalized spacial score (nSPS) is 10.8. The van der Waals surface area contributed by atoms with Crippen LogP contribution in [-0.4, -0.2) is 37.2 Å². The fraction of sp³-hybridized carbons (Fsp3) is 0.240. The smallest absolute Gasteiger partial charge is 0.271 e. The van der Waals surface area contributed by atoms with Gasteiger partial charge in [0, 0.05) is 12.8 Å². The molecule has 8 nitrogen and oxygen atoms in total. The molecule has 1 N–H and O–H groups in total. The molecular weight excluding hydrogens is 422 g/mol. The zero-order chi connectivity index (χ0) is 24.0. The van der Waals surface area contributed by atoms with Gasteiger partial charge < -0.3 is 19.3 Å². The molecule has 0 unspecified atom stereocenters. The van der Waals surface area contributed by atoms with Crippen LogP contribution in [0.25, 0.3) is 0 Å². The molecule has 0 radical (unpaired) electrons. The summed E-state index contributed by atoms with van der Waals surface area (Å²) in [7, 11) is 4.64. The van der Waals surface area contributed by atoms with Crippen molar-refractivity contribution in [2.75, 3.05) is 21.3 Å². The van der Waals surface area contributed by atoms with Gasteiger partial charge in [0.1, 0.15) is 23.1 Å². The maximum absolute atomic E-state index is 12.9. The van der Waals surface area contributed by atoms with E-state index in [-0.39, 0.29) is 18.0 Å². The van der Waals surface area contributed by atoms with Gasteiger partial charge >= 0.3 is 0 Å². The Morgan fingerprint density at radius 3 is 2.42 bits per heavy atom. The molecule has 1 aromatic heterocycles. The highest BCUT2D eigenvalue weighted by molar-refractivity contribution is 5.87. The van der Waals surface area contributed by atoms with Gasteiger partial charge in [-0.25, -0.2) is 0 Å². The molecule has 0 amide bonds. The molecule has 0 aliphatic heterocycles. The number of hydrogen-bond donors (Lipinski definition) is 1. The minimum absolute atomic E-state index is 0.0402. The lowest BCUT2D eigenvalue weighted by atomic mass is 10.1. The van der Waals surface area contributed by atoms with Gasteiger partial charge in [-0.2, -0.15) is 5.26 Å². The zero-order valence-corrected chi connectivity index (χ0v) is 19.0. The van der Waals surface area contributed by atoms with Crippen LogP contribution < -0.4 is 19.8 Å². The number of ether oxygens (including phenoxy) is 3. The number of para-hydroxylation sites is 2. The van der Waals surface area contributed by atoms with Crippen molar-refractivity contribution in [2.45, 2.75) is 19.9 Å². The van der Waals surface area contributed by atoms with Gasteiger partial charge in [-0.3, -0.25) is 14.4 Å². The van der Waals surface area contributed by atoms with Crippen molar-refractivity contribution < 1.29 is 19.3 Å². The van der Waals surface area contributed by atoms with Crippen molar-refractivity contribution in [1.82, 2.24) is 4.57 Å². The second kappa shape index (κ2) is 10.4. The Hall–Kier alpha value is -4.25. The summed E-state index contributed by atoms with van der Waals surface area (Å²) in [6.07, 6.45) is 1.86. The van der Waals surface area contributed by atoms with Crippen molar-refractivity contribution >= 4 is 11.9 Å². The van der Waals surface area contributed by atoms with Crippen molar-refractivity contribution in [3.05, 3.63) is 75.1 Å². The fourth-order valence-electron chi connectivity index (χ4n) is 3.48. The van der Waals surface area contributed by atoms with Gasteiger partial charge in [0.2, 0.25) is 5.88 Å². The lowest BCUT2D eigenvalue weighted by molar-refractivity contribution is 0.354. The largest absolute Gasteiger partial charge is 0.494 e. The van der Waals surface area contributed by atoms with Crippen LogP contribution in [0, 0.1) is 18.3 Å². The van der Waals surface area contributed by atoms with Gasteiger partial charge in [0.15, 0.2) is 11.5 Å². The zero-order valence-electron chi connectivity index (χ0n) is 19.0. The van der Waals surface area contributed by atoms with Crippen LogP contribution in [-0.2, 0) is 13.0 Å². The second-order valence-electron chi connectivity index (χ2n) is 7.18. The Labute approximate surface area is 191 Å². The number of aliphatic imine (C=N–C) groups is 1. The maximum atomic E-state index is 12.9. The molecule has 0 saturated heterocycles. The van der Waals surface area contributed by atoms with Crippen LogP contribution in [0.3, 0.4) is 0 Å². The number of nitriles is 1. The van der Waals surface area contributed by atoms with E-state index in [2.05, 4.69) is 4.99 Å². The molecular formula is C25H25N3O5. The molecule has 0 spiro atoms. The third-order valence-corrected chi connectivity index (χ3v) is 5.34. The summed E-state index contributed by atoms with van der Waals surface area (Å²) in [5, 5.41) is 20.5. The van der Waals surface area contributed by atoms with Crippen molar-refractivity contribution in [1.29, 1.82) is 5.26 Å². The minimum Gasteiger partial charge on any atom is -0.494 e. The molecule has 0 aliphatic rings. The van der Waals surface area contributed by atoms with E-state index >= 15 is 0 Å². The number of rotatable bonds is 8. The molecule has 0 atom stereocenters. The number of benzene rings is 2. The third kappa shape index (κ3) is 4.83. The van der Waals surface area contributed by atoms with Crippen molar-refractivity contribution in [3.63, 3.8) is 0 Å². The number of aromatic nitrogens is 1. The van der Waals surface area contributed by atoms with E-state index in [9.17, 15) is 15.2 Å². The van der Waals surface area contributed by atoms with E-state index in [1.54, 1.807) is 46.5 Å². The van der Waals surface area contributed by atoms with Crippen molar-refractivity contribution in [2.24, 2.45) is 4.99 Å². The lowest BCUT2D eigenvalue weighted by Gasteiger charge is -2.15. The van der Waals surface area contributed by atoms with Gasteiger partial charge in [-0.05, 0) is 48.7 Å². The predicted molar refractivity (Wildman–Crippen MR) is 125 cm³/mol. The summed E-state index contributed by atoms with van der Waals surface area (Å²) in [5.74, 6) is 1.47. The Morgan fingerprint density at radius 2 is 1.76 bits per heavy atom. The molecule has 0 bridgehead atoms. The molecule has 8 heteroatoms. The first-order chi connectivity index (χ1) is 15.9. The molecule has 0 fully saturated rings. The Bertz CT molecular complexity index is 1290. The molecule has 3 aromatic rings. The summed E-state index contributed by atoms with van der Waals surface area (Å²) < 4.78 is 17.1. The Balaban J connectivity index is 2.00. The summed E-state index contributed by atoms with van der Waals surface area (Å²) in [6.45, 7) is 1.77. The number of methoxy groups -OCH3 is 3. The molecule has 0 aliphatic carbocycles. The molecule has 0 saturated carbocycles. The van der Waals surface area contributed by atoms with Crippen LogP contribution in [0.2, 0.25) is 0 Å². The second-order valence-corrected chi connectivity index (χ2v) is 7.18. The number of pyridine rings is 1. The van der Waals surface area contributed by atoms with Gasteiger partial charge in [0.05, 0.1) is 26.9 Å². The van der Waals surface area contributed by atoms with Crippen LogP contribution in [0.5, 0.6) is 23.1 Å². The first-order valence-electron chi connectivity index (χ1n) is 10.2. The molecule has 2 aromatic carbocycles. The fourth-order valence-corrected chi connectivity index (χ4v) is 3.48. The standard InChI is InChI=1S/C25H25N3O5/c1-16-18(14-26)24(29)28(12-11-17-9-10-22(32-3)23(13-17)33-4)25(30)19(16)15-27-20-7-5-6-8-21(20)31-2/h5-10,13,15,30H,11-12H2,1-4H3.